The van der Waals surface area contributed by atoms with Gasteiger partial charge in [0, 0.05) is 12.0 Å². The molecule has 2 aromatic rings. The number of primary sulfonamides is 1. The average molecular weight is 388 g/mol. The van der Waals surface area contributed by atoms with E-state index in [1.165, 1.54) is 0 Å². The molecule has 0 unspecified atom stereocenters. The normalized spacial score (nSPS) is 14.5. The van der Waals surface area contributed by atoms with Crippen LogP contribution in [0, 0.1) is 5.92 Å². The zero-order chi connectivity index (χ0) is 19.6. The maximum absolute atomic E-state index is 12.3. The molecule has 0 saturated heterocycles. The zero-order valence-corrected chi connectivity index (χ0v) is 16.2. The van der Waals surface area contributed by atoms with Crippen LogP contribution in [-0.4, -0.2) is 32.9 Å². The van der Waals surface area contributed by atoms with Crippen LogP contribution in [0.15, 0.2) is 48.5 Å². The summed E-state index contributed by atoms with van der Waals surface area (Å²) < 4.78 is 28.2. The molecular weight excluding hydrogens is 364 g/mol. The largest absolute Gasteiger partial charge is 0.449 e. The van der Waals surface area contributed by atoms with E-state index in [4.69, 9.17) is 9.88 Å². The number of sulfonamides is 1. The maximum atomic E-state index is 12.3. The van der Waals surface area contributed by atoms with Crippen molar-refractivity contribution >= 4 is 16.1 Å². The van der Waals surface area contributed by atoms with Crippen LogP contribution in [0.1, 0.15) is 30.9 Å². The number of nitrogens with two attached hydrogens (primary N) is 1. The van der Waals surface area contributed by atoms with Gasteiger partial charge in [-0.3, -0.25) is 0 Å². The van der Waals surface area contributed by atoms with Crippen LogP contribution in [0.2, 0.25) is 0 Å². The molecule has 3 rings (SSSR count). The summed E-state index contributed by atoms with van der Waals surface area (Å²) in [5.74, 6) is -0.461. The third kappa shape index (κ3) is 4.48. The second kappa shape index (κ2) is 7.70. The highest BCUT2D eigenvalue weighted by Gasteiger charge is 2.29. The first kappa shape index (κ1) is 19.4. The lowest BCUT2D eigenvalue weighted by molar-refractivity contribution is 0.137. The molecule has 1 aliphatic carbocycles. The molecule has 0 aromatic heterocycles. The lowest BCUT2D eigenvalue weighted by atomic mass is 9.98. The number of benzene rings is 2. The summed E-state index contributed by atoms with van der Waals surface area (Å²) in [6, 6.07) is 15.5. The molecule has 0 radical (unpaired) electrons. The minimum absolute atomic E-state index is 0.0427. The maximum Gasteiger partial charge on any atom is 0.407 e. The van der Waals surface area contributed by atoms with Crippen LogP contribution >= 0.6 is 0 Å². The van der Waals surface area contributed by atoms with Gasteiger partial charge in [0.2, 0.25) is 10.0 Å². The van der Waals surface area contributed by atoms with Crippen molar-refractivity contribution in [3.8, 4) is 11.1 Å². The zero-order valence-electron chi connectivity index (χ0n) is 15.4. The fourth-order valence-electron chi connectivity index (χ4n) is 3.44. The molecule has 7 heteroatoms. The summed E-state index contributed by atoms with van der Waals surface area (Å²) in [5, 5.41) is 7.73. The van der Waals surface area contributed by atoms with E-state index in [9.17, 15) is 13.2 Å². The Morgan fingerprint density at radius 1 is 1.07 bits per heavy atom. The van der Waals surface area contributed by atoms with E-state index >= 15 is 0 Å². The molecule has 0 heterocycles. The van der Waals surface area contributed by atoms with Crippen molar-refractivity contribution < 1.29 is 17.9 Å². The van der Waals surface area contributed by atoms with E-state index in [0.717, 1.165) is 22.3 Å². The summed E-state index contributed by atoms with van der Waals surface area (Å²) >= 11 is 0. The second-order valence-electron chi connectivity index (χ2n) is 7.15. The molecule has 0 saturated carbocycles. The van der Waals surface area contributed by atoms with Gasteiger partial charge in [-0.15, -0.1) is 0 Å². The molecule has 1 amide bonds. The van der Waals surface area contributed by atoms with E-state index < -0.39 is 22.2 Å². The molecule has 3 N–H and O–H groups in total. The van der Waals surface area contributed by atoms with Crippen LogP contribution in [-0.2, 0) is 14.8 Å². The van der Waals surface area contributed by atoms with Crippen molar-refractivity contribution in [3.05, 3.63) is 59.7 Å². The first-order valence-corrected chi connectivity index (χ1v) is 10.6. The fraction of sp³-hybridized carbons (Fsp3) is 0.350. The Hall–Kier alpha value is -2.38. The topological polar surface area (TPSA) is 98.5 Å². The van der Waals surface area contributed by atoms with Crippen LogP contribution < -0.4 is 10.5 Å². The van der Waals surface area contributed by atoms with E-state index in [-0.39, 0.29) is 24.2 Å². The predicted octanol–water partition coefficient (Wildman–Crippen LogP) is 2.84. The average Bonchev–Trinajstić information content (AvgIpc) is 2.92. The van der Waals surface area contributed by atoms with Crippen molar-refractivity contribution in [3.63, 3.8) is 0 Å². The Morgan fingerprint density at radius 2 is 1.59 bits per heavy atom. The number of ether oxygens (including phenoxy) is 1. The van der Waals surface area contributed by atoms with Crippen LogP contribution in [0.5, 0.6) is 0 Å². The number of alkyl carbamates (subject to hydrolysis) is 1. The minimum atomic E-state index is -3.69. The number of hydrogen-bond donors (Lipinski definition) is 2. The lowest BCUT2D eigenvalue weighted by Crippen LogP contribution is -2.45. The van der Waals surface area contributed by atoms with Gasteiger partial charge in [-0.2, -0.15) is 0 Å². The first-order valence-electron chi connectivity index (χ1n) is 8.88. The van der Waals surface area contributed by atoms with Crippen LogP contribution in [0.4, 0.5) is 4.79 Å². The molecule has 27 heavy (non-hydrogen) atoms. The predicted molar refractivity (Wildman–Crippen MR) is 105 cm³/mol. The Balaban J connectivity index is 1.70. The van der Waals surface area contributed by atoms with Gasteiger partial charge < -0.3 is 10.1 Å². The first-order chi connectivity index (χ1) is 12.8. The van der Waals surface area contributed by atoms with E-state index in [2.05, 4.69) is 17.4 Å². The van der Waals surface area contributed by atoms with Crippen molar-refractivity contribution in [2.45, 2.75) is 25.8 Å². The quantitative estimate of drug-likeness (QED) is 0.795. The van der Waals surface area contributed by atoms with E-state index in [1.807, 2.05) is 50.2 Å². The van der Waals surface area contributed by atoms with Gasteiger partial charge in [0.15, 0.2) is 0 Å². The van der Waals surface area contributed by atoms with Gasteiger partial charge in [0.1, 0.15) is 6.61 Å². The monoisotopic (exact) mass is 388 g/mol. The van der Waals surface area contributed by atoms with Crippen molar-refractivity contribution in [2.24, 2.45) is 11.1 Å². The highest BCUT2D eigenvalue weighted by atomic mass is 32.2. The number of nitrogens with one attached hydrogen (secondary N) is 1. The SMILES string of the molecule is CC(C)[C@@H](CS(N)(=O)=O)NC(=O)OCC1c2ccccc2-c2ccccc21. The molecule has 6 nitrogen and oxygen atoms in total. The molecule has 1 aliphatic rings. The Morgan fingerprint density at radius 3 is 2.07 bits per heavy atom. The summed E-state index contributed by atoms with van der Waals surface area (Å²) in [4.78, 5) is 12.3. The molecule has 0 spiro atoms. The Labute approximate surface area is 159 Å². The van der Waals surface area contributed by atoms with Gasteiger partial charge in [0.25, 0.3) is 0 Å². The fourth-order valence-corrected chi connectivity index (χ4v) is 4.41. The summed E-state index contributed by atoms with van der Waals surface area (Å²) in [6.07, 6.45) is -0.640. The van der Waals surface area contributed by atoms with Gasteiger partial charge in [-0.25, -0.2) is 18.4 Å². The molecule has 0 fully saturated rings. The van der Waals surface area contributed by atoms with Gasteiger partial charge >= 0.3 is 6.09 Å². The van der Waals surface area contributed by atoms with Crippen molar-refractivity contribution in [1.82, 2.24) is 5.32 Å². The smallest absolute Gasteiger partial charge is 0.407 e. The standard InChI is InChI=1S/C20H24N2O4S/c1-13(2)19(12-27(21,24)25)22-20(23)26-11-18-16-9-5-3-7-14(16)15-8-4-6-10-17(15)18/h3-10,13,18-19H,11-12H2,1-2H3,(H,22,23)(H2,21,24,25)/t19-/m1/s1. The minimum Gasteiger partial charge on any atom is -0.449 e. The molecule has 0 aliphatic heterocycles. The molecule has 0 bridgehead atoms. The molecule has 2 aromatic carbocycles. The number of carbonyl (C=O) groups excluding carboxylic acids is 1. The third-order valence-corrected chi connectivity index (χ3v) is 5.69. The van der Waals surface area contributed by atoms with Crippen molar-refractivity contribution in [1.29, 1.82) is 0 Å². The van der Waals surface area contributed by atoms with Crippen LogP contribution in [0.3, 0.4) is 0 Å². The number of rotatable bonds is 6. The van der Waals surface area contributed by atoms with Gasteiger partial charge in [-0.05, 0) is 28.2 Å². The van der Waals surface area contributed by atoms with Crippen LogP contribution in [0.25, 0.3) is 11.1 Å². The second-order valence-corrected chi connectivity index (χ2v) is 8.81. The number of amides is 1. The Kier molecular flexibility index (Phi) is 5.53. The third-order valence-electron chi connectivity index (χ3n) is 4.86. The highest BCUT2D eigenvalue weighted by Crippen LogP contribution is 2.44. The molecule has 1 atom stereocenters. The Bertz CT molecular complexity index is 895. The number of hydrogen-bond acceptors (Lipinski definition) is 4. The lowest BCUT2D eigenvalue weighted by Gasteiger charge is -2.22. The number of fused-ring (bicyclic) bond motifs is 3. The highest BCUT2D eigenvalue weighted by molar-refractivity contribution is 7.89. The van der Waals surface area contributed by atoms with E-state index in [0.29, 0.717) is 0 Å². The van der Waals surface area contributed by atoms with Crippen molar-refractivity contribution in [2.75, 3.05) is 12.4 Å². The van der Waals surface area contributed by atoms with Gasteiger partial charge in [0.05, 0.1) is 5.75 Å². The molecule has 144 valence electrons. The van der Waals surface area contributed by atoms with Gasteiger partial charge in [-0.1, -0.05) is 62.4 Å². The summed E-state index contributed by atoms with van der Waals surface area (Å²) in [5.41, 5.74) is 4.54. The molecular formula is C20H24N2O4S. The number of carbonyl (C=O) groups is 1. The van der Waals surface area contributed by atoms with E-state index in [1.54, 1.807) is 0 Å². The summed E-state index contributed by atoms with van der Waals surface area (Å²) in [6.45, 7) is 3.82. The summed E-state index contributed by atoms with van der Waals surface area (Å²) in [7, 11) is -3.69.